The first kappa shape index (κ1) is 14.0. The van der Waals surface area contributed by atoms with Gasteiger partial charge in [0.05, 0.1) is 11.6 Å². The topological polar surface area (TPSA) is 28.7 Å². The van der Waals surface area contributed by atoms with Gasteiger partial charge in [0, 0.05) is 23.5 Å². The minimum atomic E-state index is 0.629. The number of hydrogen-bond donors (Lipinski definition) is 0. The summed E-state index contributed by atoms with van der Waals surface area (Å²) in [6.07, 6.45) is 11.3. The van der Waals surface area contributed by atoms with E-state index in [2.05, 4.69) is 29.1 Å². The smallest absolute Gasteiger partial charge is 0.0998 e. The lowest BCUT2D eigenvalue weighted by Gasteiger charge is -2.10. The number of aromatic nitrogens is 1. The SMILES string of the molecule is N#C/C(=C\c1ccn(C2CCCC2)c1)c1cccc(Cl)c1. The molecule has 2 nitrogen and oxygen atoms in total. The molecule has 3 rings (SSSR count). The summed E-state index contributed by atoms with van der Waals surface area (Å²) in [6, 6.07) is 12.4. The molecule has 1 aliphatic carbocycles. The summed E-state index contributed by atoms with van der Waals surface area (Å²) in [4.78, 5) is 0. The Hall–Kier alpha value is -1.98. The Morgan fingerprint density at radius 2 is 2.10 bits per heavy atom. The van der Waals surface area contributed by atoms with Crippen molar-refractivity contribution in [3.05, 3.63) is 58.9 Å². The van der Waals surface area contributed by atoms with Crippen LogP contribution in [0.3, 0.4) is 0 Å². The molecule has 0 atom stereocenters. The molecular formula is C18H17ClN2. The summed E-state index contributed by atoms with van der Waals surface area (Å²) in [5.74, 6) is 0. The predicted octanol–water partition coefficient (Wildman–Crippen LogP) is 5.32. The summed E-state index contributed by atoms with van der Waals surface area (Å²) in [5, 5.41) is 10.0. The highest BCUT2D eigenvalue weighted by molar-refractivity contribution is 6.30. The molecule has 1 fully saturated rings. The molecule has 0 radical (unpaired) electrons. The quantitative estimate of drug-likeness (QED) is 0.705. The van der Waals surface area contributed by atoms with Gasteiger partial charge in [0.25, 0.3) is 0 Å². The van der Waals surface area contributed by atoms with E-state index < -0.39 is 0 Å². The van der Waals surface area contributed by atoms with Crippen LogP contribution in [0, 0.1) is 11.3 Å². The minimum absolute atomic E-state index is 0.629. The van der Waals surface area contributed by atoms with Crippen molar-refractivity contribution in [3.63, 3.8) is 0 Å². The van der Waals surface area contributed by atoms with Gasteiger partial charge in [-0.3, -0.25) is 0 Å². The molecule has 1 heterocycles. The first-order valence-electron chi connectivity index (χ1n) is 7.31. The lowest BCUT2D eigenvalue weighted by Crippen LogP contribution is -2.00. The average molecular weight is 297 g/mol. The third-order valence-corrected chi connectivity index (χ3v) is 4.29. The fourth-order valence-electron chi connectivity index (χ4n) is 2.95. The van der Waals surface area contributed by atoms with Crippen molar-refractivity contribution in [2.24, 2.45) is 0 Å². The number of hydrogen-bond acceptors (Lipinski definition) is 1. The molecule has 0 saturated heterocycles. The van der Waals surface area contributed by atoms with Crippen LogP contribution >= 0.6 is 11.6 Å². The van der Waals surface area contributed by atoms with E-state index in [-0.39, 0.29) is 0 Å². The van der Waals surface area contributed by atoms with Crippen molar-refractivity contribution in [3.8, 4) is 6.07 Å². The maximum Gasteiger partial charge on any atom is 0.0998 e. The molecule has 0 spiro atoms. The summed E-state index contributed by atoms with van der Waals surface area (Å²) >= 11 is 6.00. The zero-order valence-corrected chi connectivity index (χ0v) is 12.6. The third kappa shape index (κ3) is 3.20. The second-order valence-electron chi connectivity index (χ2n) is 5.51. The van der Waals surface area contributed by atoms with Gasteiger partial charge in [0.1, 0.15) is 0 Å². The number of allylic oxidation sites excluding steroid dienone is 1. The monoisotopic (exact) mass is 296 g/mol. The molecule has 0 aliphatic heterocycles. The minimum Gasteiger partial charge on any atom is -0.351 e. The number of nitrogens with zero attached hydrogens (tertiary/aromatic N) is 2. The summed E-state index contributed by atoms with van der Waals surface area (Å²) < 4.78 is 2.28. The van der Waals surface area contributed by atoms with Gasteiger partial charge in [-0.1, -0.05) is 36.6 Å². The van der Waals surface area contributed by atoms with Gasteiger partial charge < -0.3 is 4.57 Å². The van der Waals surface area contributed by atoms with Crippen LogP contribution in [0.2, 0.25) is 5.02 Å². The van der Waals surface area contributed by atoms with Gasteiger partial charge in [-0.05, 0) is 48.2 Å². The van der Waals surface area contributed by atoms with Crippen LogP contribution in [0.25, 0.3) is 11.6 Å². The van der Waals surface area contributed by atoms with Crippen LogP contribution in [0.1, 0.15) is 42.9 Å². The van der Waals surface area contributed by atoms with Crippen LogP contribution in [0.4, 0.5) is 0 Å². The third-order valence-electron chi connectivity index (χ3n) is 4.05. The van der Waals surface area contributed by atoms with Crippen molar-refractivity contribution in [1.29, 1.82) is 5.26 Å². The van der Waals surface area contributed by atoms with Crippen LogP contribution in [-0.4, -0.2) is 4.57 Å². The molecule has 3 heteroatoms. The molecule has 1 aromatic carbocycles. The van der Waals surface area contributed by atoms with Crippen LogP contribution in [-0.2, 0) is 0 Å². The number of halogens is 1. The highest BCUT2D eigenvalue weighted by Gasteiger charge is 2.16. The second-order valence-corrected chi connectivity index (χ2v) is 5.95. The number of nitriles is 1. The van der Waals surface area contributed by atoms with Crippen LogP contribution < -0.4 is 0 Å². The van der Waals surface area contributed by atoms with E-state index in [4.69, 9.17) is 11.6 Å². The first-order valence-corrected chi connectivity index (χ1v) is 7.69. The molecule has 0 bridgehead atoms. The highest BCUT2D eigenvalue weighted by Crippen LogP contribution is 2.30. The molecule has 1 saturated carbocycles. The Morgan fingerprint density at radius 1 is 1.29 bits per heavy atom. The Labute approximate surface area is 130 Å². The molecule has 1 aromatic heterocycles. The van der Waals surface area contributed by atoms with E-state index in [1.54, 1.807) is 0 Å². The Balaban J connectivity index is 1.87. The Bertz CT molecular complexity index is 700. The molecular weight excluding hydrogens is 280 g/mol. The number of rotatable bonds is 3. The predicted molar refractivity (Wildman–Crippen MR) is 86.9 cm³/mol. The van der Waals surface area contributed by atoms with Crippen molar-refractivity contribution >= 4 is 23.3 Å². The summed E-state index contributed by atoms with van der Waals surface area (Å²) in [6.45, 7) is 0. The van der Waals surface area contributed by atoms with Gasteiger partial charge >= 0.3 is 0 Å². The summed E-state index contributed by atoms with van der Waals surface area (Å²) in [5.41, 5.74) is 2.57. The van der Waals surface area contributed by atoms with Crippen molar-refractivity contribution in [1.82, 2.24) is 4.57 Å². The van der Waals surface area contributed by atoms with E-state index in [1.807, 2.05) is 30.3 Å². The van der Waals surface area contributed by atoms with Gasteiger partial charge in [0.2, 0.25) is 0 Å². The van der Waals surface area contributed by atoms with E-state index in [0.717, 1.165) is 11.1 Å². The highest BCUT2D eigenvalue weighted by atomic mass is 35.5. The van der Waals surface area contributed by atoms with Gasteiger partial charge in [-0.15, -0.1) is 0 Å². The van der Waals surface area contributed by atoms with Gasteiger partial charge in [0.15, 0.2) is 0 Å². The fraction of sp³-hybridized carbons (Fsp3) is 0.278. The largest absolute Gasteiger partial charge is 0.351 e. The molecule has 106 valence electrons. The van der Waals surface area contributed by atoms with Crippen molar-refractivity contribution in [2.45, 2.75) is 31.7 Å². The van der Waals surface area contributed by atoms with Crippen LogP contribution in [0.5, 0.6) is 0 Å². The van der Waals surface area contributed by atoms with E-state index in [1.165, 1.54) is 25.7 Å². The fourth-order valence-corrected chi connectivity index (χ4v) is 3.14. The van der Waals surface area contributed by atoms with Crippen molar-refractivity contribution < 1.29 is 0 Å². The average Bonchev–Trinajstić information content (AvgIpc) is 3.15. The second kappa shape index (κ2) is 6.20. The Morgan fingerprint density at radius 3 is 2.81 bits per heavy atom. The molecule has 2 aromatic rings. The van der Waals surface area contributed by atoms with E-state index in [0.29, 0.717) is 16.6 Å². The zero-order valence-electron chi connectivity index (χ0n) is 11.8. The molecule has 0 amide bonds. The maximum atomic E-state index is 9.38. The molecule has 1 aliphatic rings. The van der Waals surface area contributed by atoms with E-state index in [9.17, 15) is 5.26 Å². The zero-order chi connectivity index (χ0) is 14.7. The number of benzene rings is 1. The van der Waals surface area contributed by atoms with Crippen molar-refractivity contribution in [2.75, 3.05) is 0 Å². The lowest BCUT2D eigenvalue weighted by molar-refractivity contribution is 0.521. The standard InChI is InChI=1S/C18H17ClN2/c19-17-5-3-4-15(11-17)16(12-20)10-14-8-9-21(13-14)18-6-1-2-7-18/h3-5,8-11,13,18H,1-2,6-7H2/b16-10+. The van der Waals surface area contributed by atoms with Gasteiger partial charge in [-0.2, -0.15) is 5.26 Å². The maximum absolute atomic E-state index is 9.38. The lowest BCUT2D eigenvalue weighted by atomic mass is 10.1. The summed E-state index contributed by atoms with van der Waals surface area (Å²) in [7, 11) is 0. The Kier molecular flexibility index (Phi) is 4.13. The van der Waals surface area contributed by atoms with Crippen LogP contribution in [0.15, 0.2) is 42.7 Å². The van der Waals surface area contributed by atoms with Gasteiger partial charge in [-0.25, -0.2) is 0 Å². The molecule has 0 N–H and O–H groups in total. The van der Waals surface area contributed by atoms with E-state index >= 15 is 0 Å². The first-order chi connectivity index (χ1) is 10.3. The molecule has 0 unspecified atom stereocenters. The molecule has 21 heavy (non-hydrogen) atoms. The normalized spacial score (nSPS) is 16.1.